The lowest BCUT2D eigenvalue weighted by atomic mass is 10.2. The lowest BCUT2D eigenvalue weighted by molar-refractivity contribution is 0.356. The minimum atomic E-state index is -3.67. The van der Waals surface area contributed by atoms with Crippen LogP contribution < -0.4 is 14.8 Å². The fourth-order valence-corrected chi connectivity index (χ4v) is 2.38. The minimum absolute atomic E-state index is 0.624. The Morgan fingerprint density at radius 2 is 1.70 bits per heavy atom. The first kappa shape index (κ1) is 20.7. The second-order valence-corrected chi connectivity index (χ2v) is 7.22. The predicted octanol–water partition coefficient (Wildman–Crippen LogP) is 3.55. The van der Waals surface area contributed by atoms with E-state index in [0.717, 1.165) is 16.6 Å². The van der Waals surface area contributed by atoms with Crippen LogP contribution in [0.2, 0.25) is 5.02 Å². The number of methoxy groups -OCH3 is 2. The summed E-state index contributed by atoms with van der Waals surface area (Å²) in [5, 5.41) is 4.73. The third-order valence-electron chi connectivity index (χ3n) is 3.23. The number of anilines is 2. The van der Waals surface area contributed by atoms with Gasteiger partial charge in [-0.15, -0.1) is 0 Å². The van der Waals surface area contributed by atoms with Crippen molar-refractivity contribution in [3.63, 3.8) is 0 Å². The van der Waals surface area contributed by atoms with E-state index in [-0.39, 0.29) is 0 Å². The van der Waals surface area contributed by atoms with Crippen LogP contribution in [0.4, 0.5) is 11.5 Å². The van der Waals surface area contributed by atoms with E-state index >= 15 is 0 Å². The Labute approximate surface area is 161 Å². The van der Waals surface area contributed by atoms with Gasteiger partial charge >= 0.3 is 0 Å². The molecule has 0 aliphatic rings. The van der Waals surface area contributed by atoms with E-state index < -0.39 is 10.1 Å². The molecular formula is C17H18ClN3O5S. The number of rotatable bonds is 4. The molecule has 2 N–H and O–H groups in total. The number of halogens is 1. The summed E-state index contributed by atoms with van der Waals surface area (Å²) >= 11 is 6.01. The Bertz CT molecular complexity index is 1040. The fourth-order valence-electron chi connectivity index (χ4n) is 2.19. The van der Waals surface area contributed by atoms with Crippen molar-refractivity contribution in [1.29, 1.82) is 0 Å². The standard InChI is InChI=1S/C16H14ClN3O2.CH4O3S/c1-21-14-7-12-13(8-15(14)22-2)18-9-19-16(12)20-11-5-3-4-10(17)6-11;1-5(2,3)4/h3-9H,1-2H3,(H,18,19,20);1H3,(H,2,3,4). The van der Waals surface area contributed by atoms with Crippen LogP contribution in [0.3, 0.4) is 0 Å². The van der Waals surface area contributed by atoms with E-state index in [0.29, 0.717) is 28.6 Å². The van der Waals surface area contributed by atoms with Gasteiger partial charge in [-0.3, -0.25) is 4.55 Å². The zero-order valence-corrected chi connectivity index (χ0v) is 16.4. The lowest BCUT2D eigenvalue weighted by Crippen LogP contribution is -1.97. The first-order valence-electron chi connectivity index (χ1n) is 7.53. The fraction of sp³-hybridized carbons (Fsp3) is 0.176. The van der Waals surface area contributed by atoms with Crippen LogP contribution in [0.5, 0.6) is 11.5 Å². The summed E-state index contributed by atoms with van der Waals surface area (Å²) in [5.41, 5.74) is 1.61. The number of nitrogens with zero attached hydrogens (tertiary/aromatic N) is 2. The van der Waals surface area contributed by atoms with E-state index in [1.165, 1.54) is 6.33 Å². The van der Waals surface area contributed by atoms with E-state index in [4.69, 9.17) is 25.6 Å². The Hall–Kier alpha value is -2.62. The summed E-state index contributed by atoms with van der Waals surface area (Å²) in [6.45, 7) is 0. The van der Waals surface area contributed by atoms with Gasteiger partial charge in [0.2, 0.25) is 0 Å². The van der Waals surface area contributed by atoms with Crippen molar-refractivity contribution in [2.45, 2.75) is 0 Å². The number of hydrogen-bond donors (Lipinski definition) is 2. The van der Waals surface area contributed by atoms with Crippen LogP contribution in [0, 0.1) is 0 Å². The van der Waals surface area contributed by atoms with E-state index in [9.17, 15) is 8.42 Å². The van der Waals surface area contributed by atoms with Crippen molar-refractivity contribution < 1.29 is 22.4 Å². The summed E-state index contributed by atoms with van der Waals surface area (Å²) in [5.74, 6) is 1.93. The van der Waals surface area contributed by atoms with Gasteiger partial charge in [-0.2, -0.15) is 8.42 Å². The maximum absolute atomic E-state index is 9.19. The van der Waals surface area contributed by atoms with Gasteiger partial charge in [-0.25, -0.2) is 9.97 Å². The van der Waals surface area contributed by atoms with Gasteiger partial charge in [-0.1, -0.05) is 17.7 Å². The van der Waals surface area contributed by atoms with Gasteiger partial charge < -0.3 is 14.8 Å². The molecule has 0 radical (unpaired) electrons. The van der Waals surface area contributed by atoms with Gasteiger partial charge in [0.15, 0.2) is 11.5 Å². The largest absolute Gasteiger partial charge is 0.493 e. The molecule has 27 heavy (non-hydrogen) atoms. The Morgan fingerprint density at radius 3 is 2.30 bits per heavy atom. The number of hydrogen-bond acceptors (Lipinski definition) is 7. The molecule has 1 heterocycles. The normalized spacial score (nSPS) is 10.7. The Kier molecular flexibility index (Phi) is 6.78. The van der Waals surface area contributed by atoms with Crippen molar-refractivity contribution in [1.82, 2.24) is 9.97 Å². The highest BCUT2D eigenvalue weighted by Crippen LogP contribution is 2.34. The van der Waals surface area contributed by atoms with E-state index in [1.54, 1.807) is 14.2 Å². The molecule has 3 rings (SSSR count). The highest BCUT2D eigenvalue weighted by Gasteiger charge is 2.11. The second-order valence-electron chi connectivity index (χ2n) is 5.31. The zero-order chi connectivity index (χ0) is 20.0. The SMILES string of the molecule is COc1cc2ncnc(Nc3cccc(Cl)c3)c2cc1OC.CS(=O)(=O)O. The number of aromatic nitrogens is 2. The van der Waals surface area contributed by atoms with Crippen LogP contribution in [0.25, 0.3) is 10.9 Å². The summed E-state index contributed by atoms with van der Waals surface area (Å²) in [6.07, 6.45) is 2.22. The highest BCUT2D eigenvalue weighted by molar-refractivity contribution is 7.85. The topological polar surface area (TPSA) is 111 Å². The number of fused-ring (bicyclic) bond motifs is 1. The third-order valence-corrected chi connectivity index (χ3v) is 3.46. The highest BCUT2D eigenvalue weighted by atomic mass is 35.5. The maximum Gasteiger partial charge on any atom is 0.261 e. The molecule has 144 valence electrons. The van der Waals surface area contributed by atoms with Crippen LogP contribution in [0.1, 0.15) is 0 Å². The lowest BCUT2D eigenvalue weighted by Gasteiger charge is -2.12. The molecule has 0 aliphatic carbocycles. The monoisotopic (exact) mass is 411 g/mol. The molecule has 8 nitrogen and oxygen atoms in total. The molecule has 10 heteroatoms. The first-order valence-corrected chi connectivity index (χ1v) is 9.75. The third kappa shape index (κ3) is 6.24. The molecule has 0 aliphatic heterocycles. The van der Waals surface area contributed by atoms with Crippen LogP contribution in [0.15, 0.2) is 42.7 Å². The average molecular weight is 412 g/mol. The summed E-state index contributed by atoms with van der Waals surface area (Å²) in [6, 6.07) is 11.1. The van der Waals surface area contributed by atoms with Crippen molar-refractivity contribution in [3.8, 4) is 11.5 Å². The summed E-state index contributed by atoms with van der Waals surface area (Å²) in [7, 11) is -0.479. The summed E-state index contributed by atoms with van der Waals surface area (Å²) in [4.78, 5) is 8.57. The summed E-state index contributed by atoms with van der Waals surface area (Å²) < 4.78 is 36.5. The predicted molar refractivity (Wildman–Crippen MR) is 105 cm³/mol. The van der Waals surface area contributed by atoms with Crippen LogP contribution in [-0.2, 0) is 10.1 Å². The quantitative estimate of drug-likeness (QED) is 0.627. The van der Waals surface area contributed by atoms with Gasteiger partial charge in [0.25, 0.3) is 10.1 Å². The van der Waals surface area contributed by atoms with Crippen LogP contribution in [-0.4, -0.2) is 43.4 Å². The Morgan fingerprint density at radius 1 is 1.07 bits per heavy atom. The molecule has 0 spiro atoms. The molecule has 0 amide bonds. The van der Waals surface area contributed by atoms with Crippen molar-refractivity contribution >= 4 is 44.1 Å². The molecule has 0 fully saturated rings. The van der Waals surface area contributed by atoms with Crippen LogP contribution >= 0.6 is 11.6 Å². The molecule has 1 aromatic heterocycles. The zero-order valence-electron chi connectivity index (χ0n) is 14.8. The molecule has 0 saturated heterocycles. The number of ether oxygens (including phenoxy) is 2. The van der Waals surface area contributed by atoms with Gasteiger partial charge in [0, 0.05) is 22.2 Å². The minimum Gasteiger partial charge on any atom is -0.493 e. The molecule has 0 bridgehead atoms. The number of nitrogens with one attached hydrogen (secondary N) is 1. The molecule has 0 saturated carbocycles. The van der Waals surface area contributed by atoms with Crippen molar-refractivity contribution in [3.05, 3.63) is 47.7 Å². The second kappa shape index (κ2) is 8.85. The smallest absolute Gasteiger partial charge is 0.261 e. The van der Waals surface area contributed by atoms with Gasteiger partial charge in [0.1, 0.15) is 12.1 Å². The van der Waals surface area contributed by atoms with Crippen molar-refractivity contribution in [2.24, 2.45) is 0 Å². The van der Waals surface area contributed by atoms with Gasteiger partial charge in [-0.05, 0) is 24.3 Å². The average Bonchev–Trinajstić information content (AvgIpc) is 2.59. The first-order chi connectivity index (χ1) is 12.7. The van der Waals surface area contributed by atoms with Crippen molar-refractivity contribution in [2.75, 3.05) is 25.8 Å². The maximum atomic E-state index is 9.19. The van der Waals surface area contributed by atoms with Gasteiger partial charge in [0.05, 0.1) is 26.0 Å². The molecule has 0 atom stereocenters. The Balaban J connectivity index is 0.000000465. The molecule has 3 aromatic rings. The number of benzene rings is 2. The van der Waals surface area contributed by atoms with E-state index in [2.05, 4.69) is 15.3 Å². The van der Waals surface area contributed by atoms with E-state index in [1.807, 2.05) is 36.4 Å². The molecule has 2 aromatic carbocycles. The molecular weight excluding hydrogens is 394 g/mol. The molecule has 0 unspecified atom stereocenters.